The Balaban J connectivity index is 1.63. The number of rotatable bonds is 3. The van der Waals surface area contributed by atoms with Gasteiger partial charge in [-0.2, -0.15) is 0 Å². The number of pyridine rings is 1. The first-order valence-electron chi connectivity index (χ1n) is 8.41. The zero-order valence-electron chi connectivity index (χ0n) is 14.2. The van der Waals surface area contributed by atoms with Crippen LogP contribution in [0.4, 0.5) is 11.5 Å². The molecule has 1 aliphatic heterocycles. The number of aromatic nitrogens is 1. The van der Waals surface area contributed by atoms with Crippen molar-refractivity contribution in [1.82, 2.24) is 9.88 Å². The molecule has 1 atom stereocenters. The number of hydrogen-bond acceptors (Lipinski definition) is 4. The van der Waals surface area contributed by atoms with E-state index in [0.717, 1.165) is 18.4 Å². The van der Waals surface area contributed by atoms with Crippen molar-refractivity contribution in [3.8, 4) is 0 Å². The standard InChI is InChI=1S/C19H22N4O2/c1-13-4-6-14(7-5-13)19(25)23-10-2-3-15(12-23)18(24)22-16-8-9-17(20)21-11-16/h4-9,11,15H,2-3,10,12H2,1H3,(H2,20,21)(H,22,24). The molecule has 6 heteroatoms. The highest BCUT2D eigenvalue weighted by Crippen LogP contribution is 2.21. The average molecular weight is 338 g/mol. The van der Waals surface area contributed by atoms with Gasteiger partial charge in [0.25, 0.3) is 5.91 Å². The van der Waals surface area contributed by atoms with Crippen LogP contribution in [0.1, 0.15) is 28.8 Å². The van der Waals surface area contributed by atoms with Crippen molar-refractivity contribution in [1.29, 1.82) is 0 Å². The Morgan fingerprint density at radius 2 is 1.96 bits per heavy atom. The Hall–Kier alpha value is -2.89. The fourth-order valence-electron chi connectivity index (χ4n) is 2.98. The molecule has 0 spiro atoms. The molecule has 1 unspecified atom stereocenters. The summed E-state index contributed by atoms with van der Waals surface area (Å²) < 4.78 is 0. The van der Waals surface area contributed by atoms with Crippen LogP contribution in [0.3, 0.4) is 0 Å². The molecule has 1 fully saturated rings. The second-order valence-corrected chi connectivity index (χ2v) is 6.42. The summed E-state index contributed by atoms with van der Waals surface area (Å²) in [6, 6.07) is 10.9. The molecule has 3 N–H and O–H groups in total. The number of anilines is 2. The smallest absolute Gasteiger partial charge is 0.253 e. The number of benzene rings is 1. The number of nitrogens with one attached hydrogen (secondary N) is 1. The summed E-state index contributed by atoms with van der Waals surface area (Å²) in [7, 11) is 0. The van der Waals surface area contributed by atoms with Gasteiger partial charge in [-0.15, -0.1) is 0 Å². The van der Waals surface area contributed by atoms with E-state index in [-0.39, 0.29) is 17.7 Å². The van der Waals surface area contributed by atoms with E-state index in [2.05, 4.69) is 10.3 Å². The van der Waals surface area contributed by atoms with Crippen molar-refractivity contribution < 1.29 is 9.59 Å². The fraction of sp³-hybridized carbons (Fsp3) is 0.316. The van der Waals surface area contributed by atoms with Gasteiger partial charge < -0.3 is 16.0 Å². The quantitative estimate of drug-likeness (QED) is 0.900. The number of amides is 2. The maximum atomic E-state index is 12.6. The van der Waals surface area contributed by atoms with Crippen LogP contribution in [-0.2, 0) is 4.79 Å². The highest BCUT2D eigenvalue weighted by Gasteiger charge is 2.29. The summed E-state index contributed by atoms with van der Waals surface area (Å²) >= 11 is 0. The molecule has 2 heterocycles. The Morgan fingerprint density at radius 1 is 1.20 bits per heavy atom. The lowest BCUT2D eigenvalue weighted by Gasteiger charge is -2.32. The van der Waals surface area contributed by atoms with E-state index in [9.17, 15) is 9.59 Å². The van der Waals surface area contributed by atoms with Gasteiger partial charge in [-0.25, -0.2) is 4.98 Å². The van der Waals surface area contributed by atoms with E-state index in [1.165, 1.54) is 6.20 Å². The molecule has 0 radical (unpaired) electrons. The van der Waals surface area contributed by atoms with Crippen LogP contribution in [0.5, 0.6) is 0 Å². The zero-order valence-corrected chi connectivity index (χ0v) is 14.2. The van der Waals surface area contributed by atoms with Crippen molar-refractivity contribution in [3.05, 3.63) is 53.7 Å². The molecule has 0 bridgehead atoms. The number of carbonyl (C=O) groups is 2. The van der Waals surface area contributed by atoms with Crippen molar-refractivity contribution in [3.63, 3.8) is 0 Å². The molecule has 0 aliphatic carbocycles. The van der Waals surface area contributed by atoms with E-state index in [1.807, 2.05) is 31.2 Å². The molecule has 3 rings (SSSR count). The zero-order chi connectivity index (χ0) is 17.8. The number of hydrogen-bond donors (Lipinski definition) is 2. The number of piperidine rings is 1. The number of nitrogens with two attached hydrogens (primary N) is 1. The van der Waals surface area contributed by atoms with Gasteiger partial charge in [0.1, 0.15) is 5.82 Å². The number of nitrogens with zero attached hydrogens (tertiary/aromatic N) is 2. The van der Waals surface area contributed by atoms with Crippen molar-refractivity contribution in [2.75, 3.05) is 24.1 Å². The van der Waals surface area contributed by atoms with Gasteiger partial charge >= 0.3 is 0 Å². The largest absolute Gasteiger partial charge is 0.384 e. The monoisotopic (exact) mass is 338 g/mol. The number of nitrogen functional groups attached to an aromatic ring is 1. The Bertz CT molecular complexity index is 756. The predicted octanol–water partition coefficient (Wildman–Crippen LogP) is 2.46. The van der Waals surface area contributed by atoms with Crippen molar-refractivity contribution in [2.24, 2.45) is 5.92 Å². The SMILES string of the molecule is Cc1ccc(C(=O)N2CCCC(C(=O)Nc3ccc(N)nc3)C2)cc1. The Labute approximate surface area is 147 Å². The van der Waals surface area contributed by atoms with Crippen molar-refractivity contribution >= 4 is 23.3 Å². The van der Waals surface area contributed by atoms with Gasteiger partial charge in [0.2, 0.25) is 5.91 Å². The fourth-order valence-corrected chi connectivity index (χ4v) is 2.98. The van der Waals surface area contributed by atoms with Crippen molar-refractivity contribution in [2.45, 2.75) is 19.8 Å². The van der Waals surface area contributed by atoms with Gasteiger partial charge in [0.05, 0.1) is 17.8 Å². The highest BCUT2D eigenvalue weighted by molar-refractivity contribution is 5.96. The maximum Gasteiger partial charge on any atom is 0.253 e. The molecule has 1 aromatic carbocycles. The first-order chi connectivity index (χ1) is 12.0. The summed E-state index contributed by atoms with van der Waals surface area (Å²) in [6.07, 6.45) is 3.12. The van der Waals surface area contributed by atoms with Crippen LogP contribution < -0.4 is 11.1 Å². The van der Waals surface area contributed by atoms with Gasteiger partial charge in [-0.05, 0) is 44.0 Å². The number of aryl methyl sites for hydroxylation is 1. The molecular formula is C19H22N4O2. The lowest BCUT2D eigenvalue weighted by Crippen LogP contribution is -2.43. The normalized spacial score (nSPS) is 17.2. The summed E-state index contributed by atoms with van der Waals surface area (Å²) in [4.78, 5) is 30.9. The van der Waals surface area contributed by atoms with Crippen LogP contribution >= 0.6 is 0 Å². The second-order valence-electron chi connectivity index (χ2n) is 6.42. The lowest BCUT2D eigenvalue weighted by molar-refractivity contribution is -0.121. The molecule has 6 nitrogen and oxygen atoms in total. The van der Waals surface area contributed by atoms with Gasteiger partial charge in [0, 0.05) is 18.7 Å². The lowest BCUT2D eigenvalue weighted by atomic mass is 9.96. The molecule has 1 aliphatic rings. The molecule has 0 saturated carbocycles. The van der Waals surface area contributed by atoms with E-state index < -0.39 is 0 Å². The van der Waals surface area contributed by atoms with Gasteiger partial charge in [-0.1, -0.05) is 17.7 Å². The molecule has 1 aromatic heterocycles. The summed E-state index contributed by atoms with van der Waals surface area (Å²) in [5.74, 6) is 0.0749. The minimum Gasteiger partial charge on any atom is -0.384 e. The summed E-state index contributed by atoms with van der Waals surface area (Å²) in [6.45, 7) is 3.10. The first kappa shape index (κ1) is 17.0. The second kappa shape index (κ2) is 7.34. The minimum absolute atomic E-state index is 0.0216. The van der Waals surface area contributed by atoms with E-state index in [0.29, 0.717) is 30.2 Å². The van der Waals surface area contributed by atoms with Crippen LogP contribution in [0, 0.1) is 12.8 Å². The third-order valence-electron chi connectivity index (χ3n) is 4.43. The summed E-state index contributed by atoms with van der Waals surface area (Å²) in [5, 5.41) is 2.85. The molecule has 130 valence electrons. The molecule has 25 heavy (non-hydrogen) atoms. The molecular weight excluding hydrogens is 316 g/mol. The Morgan fingerprint density at radius 3 is 2.64 bits per heavy atom. The topological polar surface area (TPSA) is 88.3 Å². The minimum atomic E-state index is -0.222. The van der Waals surface area contributed by atoms with Crippen LogP contribution in [0.25, 0.3) is 0 Å². The van der Waals surface area contributed by atoms with Crippen LogP contribution in [0.2, 0.25) is 0 Å². The molecule has 2 aromatic rings. The van der Waals surface area contributed by atoms with E-state index >= 15 is 0 Å². The summed E-state index contributed by atoms with van der Waals surface area (Å²) in [5.41, 5.74) is 7.94. The van der Waals surface area contributed by atoms with E-state index in [4.69, 9.17) is 5.73 Å². The van der Waals surface area contributed by atoms with E-state index in [1.54, 1.807) is 17.0 Å². The third kappa shape index (κ3) is 4.15. The first-order valence-corrected chi connectivity index (χ1v) is 8.41. The Kier molecular flexibility index (Phi) is 4.97. The average Bonchev–Trinajstić information content (AvgIpc) is 2.64. The molecule has 1 saturated heterocycles. The van der Waals surface area contributed by atoms with Crippen LogP contribution in [0.15, 0.2) is 42.6 Å². The third-order valence-corrected chi connectivity index (χ3v) is 4.43. The number of likely N-dealkylation sites (tertiary alicyclic amines) is 1. The van der Waals surface area contributed by atoms with Gasteiger partial charge in [-0.3, -0.25) is 9.59 Å². The highest BCUT2D eigenvalue weighted by atomic mass is 16.2. The van der Waals surface area contributed by atoms with Gasteiger partial charge in [0.15, 0.2) is 0 Å². The number of carbonyl (C=O) groups excluding carboxylic acids is 2. The maximum absolute atomic E-state index is 12.6. The molecule has 2 amide bonds. The predicted molar refractivity (Wildman–Crippen MR) is 97.1 cm³/mol. The van der Waals surface area contributed by atoms with Crippen LogP contribution in [-0.4, -0.2) is 34.8 Å².